The SMILES string of the molecule is O=C(NCCS(=O)(=O)N1CCc2ccccc21)C1CC1c1ccccc1Cl. The maximum Gasteiger partial charge on any atom is 0.236 e. The fourth-order valence-electron chi connectivity index (χ4n) is 3.75. The summed E-state index contributed by atoms with van der Waals surface area (Å²) < 4.78 is 26.8. The Bertz CT molecular complexity index is 977. The normalized spacial score (nSPS) is 21.0. The standard InChI is InChI=1S/C20H21ClN2O3S/c21-18-7-3-2-6-15(18)16-13-17(16)20(24)22-10-12-27(25,26)23-11-9-14-5-1-4-8-19(14)23/h1-8,16-17H,9-13H2,(H,22,24). The van der Waals surface area contributed by atoms with Crippen LogP contribution in [0.1, 0.15) is 23.5 Å². The molecule has 0 radical (unpaired) electrons. The monoisotopic (exact) mass is 404 g/mol. The lowest BCUT2D eigenvalue weighted by Crippen LogP contribution is -2.37. The topological polar surface area (TPSA) is 66.5 Å². The Morgan fingerprint density at radius 1 is 1.15 bits per heavy atom. The van der Waals surface area contributed by atoms with Crippen molar-refractivity contribution in [2.45, 2.75) is 18.8 Å². The maximum absolute atomic E-state index is 12.7. The largest absolute Gasteiger partial charge is 0.355 e. The van der Waals surface area contributed by atoms with E-state index < -0.39 is 10.0 Å². The molecule has 1 N–H and O–H groups in total. The number of sulfonamides is 1. The number of anilines is 1. The molecule has 4 rings (SSSR count). The second-order valence-corrected chi connectivity index (χ2v) is 9.45. The van der Waals surface area contributed by atoms with E-state index in [9.17, 15) is 13.2 Å². The van der Waals surface area contributed by atoms with Crippen molar-refractivity contribution in [2.75, 3.05) is 23.1 Å². The van der Waals surface area contributed by atoms with E-state index >= 15 is 0 Å². The third kappa shape index (κ3) is 3.69. The third-order valence-electron chi connectivity index (χ3n) is 5.27. The molecule has 2 aliphatic rings. The Labute approximate surface area is 164 Å². The highest BCUT2D eigenvalue weighted by Crippen LogP contribution is 2.49. The van der Waals surface area contributed by atoms with Gasteiger partial charge >= 0.3 is 0 Å². The van der Waals surface area contributed by atoms with Crippen LogP contribution in [-0.4, -0.2) is 33.2 Å². The van der Waals surface area contributed by atoms with Crippen LogP contribution in [0.3, 0.4) is 0 Å². The van der Waals surface area contributed by atoms with Gasteiger partial charge in [-0.25, -0.2) is 8.42 Å². The fraction of sp³-hybridized carbons (Fsp3) is 0.350. The van der Waals surface area contributed by atoms with E-state index in [1.807, 2.05) is 48.5 Å². The van der Waals surface area contributed by atoms with Crippen molar-refractivity contribution in [3.8, 4) is 0 Å². The molecular formula is C20H21ClN2O3S. The molecule has 0 aromatic heterocycles. The predicted molar refractivity (Wildman–Crippen MR) is 107 cm³/mol. The van der Waals surface area contributed by atoms with Gasteiger partial charge in [-0.2, -0.15) is 0 Å². The van der Waals surface area contributed by atoms with Gasteiger partial charge in [-0.05, 0) is 42.0 Å². The first-order chi connectivity index (χ1) is 13.0. The van der Waals surface area contributed by atoms with Gasteiger partial charge in [0.05, 0.1) is 11.4 Å². The summed E-state index contributed by atoms with van der Waals surface area (Å²) in [5.74, 6) is -0.200. The van der Waals surface area contributed by atoms with Gasteiger partial charge in [-0.15, -0.1) is 0 Å². The van der Waals surface area contributed by atoms with Gasteiger partial charge in [0, 0.05) is 24.0 Å². The van der Waals surface area contributed by atoms with Crippen molar-refractivity contribution in [3.63, 3.8) is 0 Å². The highest BCUT2D eigenvalue weighted by molar-refractivity contribution is 7.92. The Morgan fingerprint density at radius 3 is 2.70 bits per heavy atom. The third-order valence-corrected chi connectivity index (χ3v) is 7.39. The van der Waals surface area contributed by atoms with Crippen LogP contribution in [0.5, 0.6) is 0 Å². The summed E-state index contributed by atoms with van der Waals surface area (Å²) >= 11 is 6.19. The average Bonchev–Trinajstić information content (AvgIpc) is 3.32. The van der Waals surface area contributed by atoms with Crippen LogP contribution in [0.2, 0.25) is 5.02 Å². The van der Waals surface area contributed by atoms with Crippen LogP contribution in [0.4, 0.5) is 5.69 Å². The Hall–Kier alpha value is -2.05. The quantitative estimate of drug-likeness (QED) is 0.804. The van der Waals surface area contributed by atoms with Crippen molar-refractivity contribution < 1.29 is 13.2 Å². The van der Waals surface area contributed by atoms with Gasteiger partial charge in [0.2, 0.25) is 15.9 Å². The summed E-state index contributed by atoms with van der Waals surface area (Å²) in [5, 5.41) is 3.45. The molecular weight excluding hydrogens is 384 g/mol. The van der Waals surface area contributed by atoms with Crippen LogP contribution >= 0.6 is 11.6 Å². The van der Waals surface area contributed by atoms with Crippen molar-refractivity contribution in [1.29, 1.82) is 0 Å². The van der Waals surface area contributed by atoms with E-state index in [-0.39, 0.29) is 30.0 Å². The molecule has 5 nitrogen and oxygen atoms in total. The zero-order valence-electron chi connectivity index (χ0n) is 14.8. The number of carbonyl (C=O) groups excluding carboxylic acids is 1. The molecule has 1 aliphatic carbocycles. The molecule has 1 heterocycles. The van der Waals surface area contributed by atoms with Gasteiger partial charge in [0.15, 0.2) is 0 Å². The van der Waals surface area contributed by atoms with Gasteiger partial charge in [0.25, 0.3) is 0 Å². The molecule has 1 saturated carbocycles. The van der Waals surface area contributed by atoms with Crippen molar-refractivity contribution in [3.05, 3.63) is 64.7 Å². The highest BCUT2D eigenvalue weighted by atomic mass is 35.5. The van der Waals surface area contributed by atoms with E-state index in [1.165, 1.54) is 4.31 Å². The molecule has 142 valence electrons. The zero-order valence-corrected chi connectivity index (χ0v) is 16.3. The summed E-state index contributed by atoms with van der Waals surface area (Å²) in [6.45, 7) is 0.582. The summed E-state index contributed by atoms with van der Waals surface area (Å²) in [4.78, 5) is 12.3. The molecule has 2 aromatic rings. The van der Waals surface area contributed by atoms with E-state index in [2.05, 4.69) is 5.32 Å². The number of amides is 1. The van der Waals surface area contributed by atoms with Crippen LogP contribution in [0.25, 0.3) is 0 Å². The number of rotatable bonds is 6. The Balaban J connectivity index is 1.31. The van der Waals surface area contributed by atoms with E-state index in [1.54, 1.807) is 0 Å². The molecule has 1 amide bonds. The maximum atomic E-state index is 12.7. The first kappa shape index (κ1) is 18.3. The first-order valence-corrected chi connectivity index (χ1v) is 11.1. The molecule has 2 unspecified atom stereocenters. The molecule has 2 aromatic carbocycles. The minimum Gasteiger partial charge on any atom is -0.355 e. The van der Waals surface area contributed by atoms with Gasteiger partial charge in [0.1, 0.15) is 0 Å². The summed E-state index contributed by atoms with van der Waals surface area (Å²) in [7, 11) is -3.45. The van der Waals surface area contributed by atoms with Gasteiger partial charge in [-0.3, -0.25) is 9.10 Å². The molecule has 27 heavy (non-hydrogen) atoms. The molecule has 2 atom stereocenters. The number of halogens is 1. The summed E-state index contributed by atoms with van der Waals surface area (Å²) in [5.41, 5.74) is 2.79. The number of para-hydroxylation sites is 1. The second kappa shape index (κ2) is 7.17. The summed E-state index contributed by atoms with van der Waals surface area (Å²) in [6, 6.07) is 15.1. The van der Waals surface area contributed by atoms with Gasteiger partial charge < -0.3 is 5.32 Å². The van der Waals surface area contributed by atoms with Crippen LogP contribution < -0.4 is 9.62 Å². The minimum atomic E-state index is -3.45. The Kier molecular flexibility index (Phi) is 4.86. The van der Waals surface area contributed by atoms with Crippen LogP contribution in [-0.2, 0) is 21.2 Å². The van der Waals surface area contributed by atoms with E-state index in [0.29, 0.717) is 11.6 Å². The first-order valence-electron chi connectivity index (χ1n) is 9.08. The highest BCUT2D eigenvalue weighted by Gasteiger charge is 2.44. The molecule has 0 saturated heterocycles. The number of carbonyl (C=O) groups is 1. The Morgan fingerprint density at radius 2 is 1.89 bits per heavy atom. The molecule has 1 fully saturated rings. The number of hydrogen-bond donors (Lipinski definition) is 1. The molecule has 1 aliphatic heterocycles. The van der Waals surface area contributed by atoms with E-state index in [0.717, 1.165) is 29.7 Å². The van der Waals surface area contributed by atoms with E-state index in [4.69, 9.17) is 11.6 Å². The number of fused-ring (bicyclic) bond motifs is 1. The fourth-order valence-corrected chi connectivity index (χ4v) is 5.45. The van der Waals surface area contributed by atoms with Crippen molar-refractivity contribution >= 4 is 33.2 Å². The predicted octanol–water partition coefficient (Wildman–Crippen LogP) is 2.95. The zero-order chi connectivity index (χ0) is 19.0. The van der Waals surface area contributed by atoms with Crippen molar-refractivity contribution in [1.82, 2.24) is 5.32 Å². The van der Waals surface area contributed by atoms with Crippen molar-refractivity contribution in [2.24, 2.45) is 5.92 Å². The summed E-state index contributed by atoms with van der Waals surface area (Å²) in [6.07, 6.45) is 1.48. The number of hydrogen-bond acceptors (Lipinski definition) is 3. The number of nitrogens with zero attached hydrogens (tertiary/aromatic N) is 1. The average molecular weight is 405 g/mol. The minimum absolute atomic E-state index is 0.100. The smallest absolute Gasteiger partial charge is 0.236 e. The lowest BCUT2D eigenvalue weighted by atomic mass is 10.1. The number of benzene rings is 2. The van der Waals surface area contributed by atoms with Gasteiger partial charge in [-0.1, -0.05) is 48.0 Å². The lowest BCUT2D eigenvalue weighted by Gasteiger charge is -2.19. The van der Waals surface area contributed by atoms with Crippen LogP contribution in [0.15, 0.2) is 48.5 Å². The second-order valence-electron chi connectivity index (χ2n) is 7.03. The molecule has 0 bridgehead atoms. The molecule has 7 heteroatoms. The number of nitrogens with one attached hydrogen (secondary N) is 1. The molecule has 0 spiro atoms. The van der Waals surface area contributed by atoms with Crippen LogP contribution in [0, 0.1) is 5.92 Å². The lowest BCUT2D eigenvalue weighted by molar-refractivity contribution is -0.122.